The standard InChI is InChI=1S/C13H18F2N2OS/c1-9(2)18-8-4-7-16-13(19)17-12-10(14)5-3-6-11(12)15/h3,5-6,9H,4,7-8H2,1-2H3,(H2,16,17,19). The quantitative estimate of drug-likeness (QED) is 0.622. The SMILES string of the molecule is CC(C)OCCCNC(=S)Nc1c(F)cccc1F. The van der Waals surface area contributed by atoms with Gasteiger partial charge in [0.05, 0.1) is 6.10 Å². The van der Waals surface area contributed by atoms with E-state index in [1.807, 2.05) is 13.8 Å². The highest BCUT2D eigenvalue weighted by Gasteiger charge is 2.09. The molecule has 3 nitrogen and oxygen atoms in total. The second kappa shape index (κ2) is 8.01. The predicted molar refractivity (Wildman–Crippen MR) is 76.3 cm³/mol. The van der Waals surface area contributed by atoms with Crippen LogP contribution in [0, 0.1) is 11.6 Å². The van der Waals surface area contributed by atoms with Crippen molar-refractivity contribution in [2.24, 2.45) is 0 Å². The largest absolute Gasteiger partial charge is 0.379 e. The summed E-state index contributed by atoms with van der Waals surface area (Å²) in [4.78, 5) is 0. The summed E-state index contributed by atoms with van der Waals surface area (Å²) in [5.41, 5.74) is -0.238. The van der Waals surface area contributed by atoms with Gasteiger partial charge in [0.25, 0.3) is 0 Å². The Bertz CT molecular complexity index is 407. The number of para-hydroxylation sites is 1. The van der Waals surface area contributed by atoms with Crippen molar-refractivity contribution in [2.45, 2.75) is 26.4 Å². The minimum atomic E-state index is -0.674. The summed E-state index contributed by atoms with van der Waals surface area (Å²) in [5.74, 6) is -1.35. The zero-order valence-electron chi connectivity index (χ0n) is 11.0. The topological polar surface area (TPSA) is 33.3 Å². The van der Waals surface area contributed by atoms with Gasteiger partial charge in [-0.25, -0.2) is 8.78 Å². The Morgan fingerprint density at radius 1 is 1.32 bits per heavy atom. The lowest BCUT2D eigenvalue weighted by Gasteiger charge is -2.12. The van der Waals surface area contributed by atoms with Crippen LogP contribution in [0.2, 0.25) is 0 Å². The van der Waals surface area contributed by atoms with Gasteiger partial charge in [0.15, 0.2) is 5.11 Å². The van der Waals surface area contributed by atoms with Gasteiger partial charge < -0.3 is 15.4 Å². The third-order valence-electron chi connectivity index (χ3n) is 2.26. The van der Waals surface area contributed by atoms with E-state index in [4.69, 9.17) is 17.0 Å². The molecule has 0 radical (unpaired) electrons. The molecule has 6 heteroatoms. The summed E-state index contributed by atoms with van der Waals surface area (Å²) in [6.45, 7) is 5.11. The Hall–Kier alpha value is -1.27. The van der Waals surface area contributed by atoms with Crippen molar-refractivity contribution in [3.05, 3.63) is 29.8 Å². The van der Waals surface area contributed by atoms with Crippen molar-refractivity contribution in [1.29, 1.82) is 0 Å². The highest BCUT2D eigenvalue weighted by molar-refractivity contribution is 7.80. The molecule has 0 spiro atoms. The van der Waals surface area contributed by atoms with Crippen molar-refractivity contribution >= 4 is 23.0 Å². The molecule has 0 aliphatic heterocycles. The normalized spacial score (nSPS) is 10.6. The Kier molecular flexibility index (Phi) is 6.66. The summed E-state index contributed by atoms with van der Waals surface area (Å²) < 4.78 is 32.0. The van der Waals surface area contributed by atoms with Crippen LogP contribution in [0.1, 0.15) is 20.3 Å². The van der Waals surface area contributed by atoms with Gasteiger partial charge in [0.1, 0.15) is 17.3 Å². The van der Waals surface area contributed by atoms with Crippen molar-refractivity contribution in [3.8, 4) is 0 Å². The Morgan fingerprint density at radius 3 is 2.53 bits per heavy atom. The number of hydrogen-bond donors (Lipinski definition) is 2. The average Bonchev–Trinajstić information content (AvgIpc) is 2.33. The summed E-state index contributed by atoms with van der Waals surface area (Å²) in [6, 6.07) is 3.64. The van der Waals surface area contributed by atoms with Crippen LogP contribution in [0.3, 0.4) is 0 Å². The zero-order valence-corrected chi connectivity index (χ0v) is 11.8. The van der Waals surface area contributed by atoms with E-state index >= 15 is 0 Å². The number of hydrogen-bond acceptors (Lipinski definition) is 2. The molecule has 0 heterocycles. The van der Waals surface area contributed by atoms with E-state index in [1.54, 1.807) is 0 Å². The number of nitrogens with one attached hydrogen (secondary N) is 2. The molecule has 0 saturated heterocycles. The molecule has 0 fully saturated rings. The molecule has 0 atom stereocenters. The van der Waals surface area contributed by atoms with Crippen LogP contribution in [-0.2, 0) is 4.74 Å². The van der Waals surface area contributed by atoms with E-state index in [2.05, 4.69) is 10.6 Å². The van der Waals surface area contributed by atoms with Gasteiger partial charge in [0.2, 0.25) is 0 Å². The van der Waals surface area contributed by atoms with Crippen molar-refractivity contribution in [2.75, 3.05) is 18.5 Å². The maximum absolute atomic E-state index is 13.3. The maximum atomic E-state index is 13.3. The smallest absolute Gasteiger partial charge is 0.170 e. The van der Waals surface area contributed by atoms with E-state index in [1.165, 1.54) is 18.2 Å². The molecule has 0 amide bonds. The molecule has 1 rings (SSSR count). The summed E-state index contributed by atoms with van der Waals surface area (Å²) in [7, 11) is 0. The zero-order chi connectivity index (χ0) is 14.3. The lowest BCUT2D eigenvalue weighted by Crippen LogP contribution is -2.30. The molecule has 0 aliphatic rings. The lowest BCUT2D eigenvalue weighted by molar-refractivity contribution is 0.0777. The molecular weight excluding hydrogens is 270 g/mol. The minimum absolute atomic E-state index is 0.188. The highest BCUT2D eigenvalue weighted by Crippen LogP contribution is 2.17. The fourth-order valence-electron chi connectivity index (χ4n) is 1.37. The van der Waals surface area contributed by atoms with E-state index < -0.39 is 11.6 Å². The monoisotopic (exact) mass is 288 g/mol. The van der Waals surface area contributed by atoms with Crippen LogP contribution in [-0.4, -0.2) is 24.4 Å². The van der Waals surface area contributed by atoms with Gasteiger partial charge in [-0.15, -0.1) is 0 Å². The number of rotatable bonds is 6. The maximum Gasteiger partial charge on any atom is 0.170 e. The number of ether oxygens (including phenoxy) is 1. The molecule has 0 saturated carbocycles. The molecular formula is C13H18F2N2OS. The molecule has 1 aromatic carbocycles. The second-order valence-corrected chi connectivity index (χ2v) is 4.66. The third-order valence-corrected chi connectivity index (χ3v) is 2.51. The van der Waals surface area contributed by atoms with Gasteiger partial charge in [0, 0.05) is 13.2 Å². The number of thiocarbonyl (C=S) groups is 1. The first kappa shape index (κ1) is 15.8. The second-order valence-electron chi connectivity index (χ2n) is 4.25. The number of halogens is 2. The fraction of sp³-hybridized carbons (Fsp3) is 0.462. The van der Waals surface area contributed by atoms with Gasteiger partial charge >= 0.3 is 0 Å². The van der Waals surface area contributed by atoms with Crippen LogP contribution < -0.4 is 10.6 Å². The van der Waals surface area contributed by atoms with E-state index in [9.17, 15) is 8.78 Å². The molecule has 2 N–H and O–H groups in total. The van der Waals surface area contributed by atoms with E-state index in [-0.39, 0.29) is 16.9 Å². The highest BCUT2D eigenvalue weighted by atomic mass is 32.1. The Morgan fingerprint density at radius 2 is 1.95 bits per heavy atom. The molecule has 0 bridgehead atoms. The van der Waals surface area contributed by atoms with Crippen LogP contribution >= 0.6 is 12.2 Å². The molecule has 0 unspecified atom stereocenters. The third kappa shape index (κ3) is 5.94. The Balaban J connectivity index is 2.32. The Labute approximate surface area is 117 Å². The van der Waals surface area contributed by atoms with Crippen molar-refractivity contribution in [3.63, 3.8) is 0 Å². The molecule has 1 aromatic rings. The summed E-state index contributed by atoms with van der Waals surface area (Å²) >= 11 is 4.96. The van der Waals surface area contributed by atoms with Crippen molar-refractivity contribution in [1.82, 2.24) is 5.32 Å². The first-order valence-corrected chi connectivity index (χ1v) is 6.52. The first-order chi connectivity index (χ1) is 9.00. The van der Waals surface area contributed by atoms with Crippen LogP contribution in [0.4, 0.5) is 14.5 Å². The molecule has 0 aromatic heterocycles. The summed E-state index contributed by atoms with van der Waals surface area (Å²) in [5, 5.41) is 5.56. The van der Waals surface area contributed by atoms with Crippen LogP contribution in [0.25, 0.3) is 0 Å². The van der Waals surface area contributed by atoms with Gasteiger partial charge in [-0.05, 0) is 44.6 Å². The molecule has 106 valence electrons. The van der Waals surface area contributed by atoms with Gasteiger partial charge in [-0.3, -0.25) is 0 Å². The van der Waals surface area contributed by atoms with Crippen molar-refractivity contribution < 1.29 is 13.5 Å². The number of benzene rings is 1. The minimum Gasteiger partial charge on any atom is -0.379 e. The summed E-state index contributed by atoms with van der Waals surface area (Å²) in [6.07, 6.45) is 0.956. The van der Waals surface area contributed by atoms with E-state index in [0.717, 1.165) is 6.42 Å². The molecule has 0 aliphatic carbocycles. The lowest BCUT2D eigenvalue weighted by atomic mass is 10.3. The van der Waals surface area contributed by atoms with Crippen LogP contribution in [0.5, 0.6) is 0 Å². The average molecular weight is 288 g/mol. The fourth-order valence-corrected chi connectivity index (χ4v) is 1.57. The predicted octanol–water partition coefficient (Wildman–Crippen LogP) is 3.07. The van der Waals surface area contributed by atoms with Gasteiger partial charge in [-0.2, -0.15) is 0 Å². The van der Waals surface area contributed by atoms with E-state index in [0.29, 0.717) is 13.2 Å². The number of anilines is 1. The first-order valence-electron chi connectivity index (χ1n) is 6.11. The van der Waals surface area contributed by atoms with Crippen LogP contribution in [0.15, 0.2) is 18.2 Å². The molecule has 19 heavy (non-hydrogen) atoms. The van der Waals surface area contributed by atoms with Gasteiger partial charge in [-0.1, -0.05) is 6.07 Å².